The Bertz CT molecular complexity index is 1810. The van der Waals surface area contributed by atoms with Crippen LogP contribution in [-0.4, -0.2) is 19.9 Å². The standard InChI is InChI=1S/C34H23N5/c1-2-12-26(13-3-1)39(27-14-8-10-24(20-27)33-22-35-29-16-4-6-18-31(29)37-33)28-15-9-11-25(21-28)34-23-36-30-17-5-7-19-32(30)38-34/h1-23H. The van der Waals surface area contributed by atoms with Crippen LogP contribution in [0.2, 0.25) is 0 Å². The van der Waals surface area contributed by atoms with E-state index in [1.165, 1.54) is 0 Å². The SMILES string of the molecule is c1ccc(N(c2cccc(-c3cnc4ccccc4n3)c2)c2cccc(-c3cnc4ccccc4n3)c2)cc1. The number of benzene rings is 5. The van der Waals surface area contributed by atoms with E-state index in [-0.39, 0.29) is 0 Å². The van der Waals surface area contributed by atoms with Gasteiger partial charge >= 0.3 is 0 Å². The number of fused-ring (bicyclic) bond motifs is 2. The van der Waals surface area contributed by atoms with Gasteiger partial charge in [-0.25, -0.2) is 9.97 Å². The monoisotopic (exact) mass is 501 g/mol. The van der Waals surface area contributed by atoms with Crippen LogP contribution in [0.4, 0.5) is 17.1 Å². The lowest BCUT2D eigenvalue weighted by Gasteiger charge is -2.26. The van der Waals surface area contributed by atoms with Gasteiger partial charge in [-0.1, -0.05) is 66.7 Å². The minimum absolute atomic E-state index is 0.837. The van der Waals surface area contributed by atoms with Crippen molar-refractivity contribution in [1.82, 2.24) is 19.9 Å². The van der Waals surface area contributed by atoms with E-state index in [4.69, 9.17) is 9.97 Å². The number of hydrogen-bond donors (Lipinski definition) is 0. The van der Waals surface area contributed by atoms with Gasteiger partial charge in [0.05, 0.1) is 45.8 Å². The number of anilines is 3. The highest BCUT2D eigenvalue weighted by molar-refractivity contribution is 5.83. The Morgan fingerprint density at radius 3 is 1.33 bits per heavy atom. The Labute approximate surface area is 226 Å². The Morgan fingerprint density at radius 1 is 0.385 bits per heavy atom. The number of aromatic nitrogens is 4. The van der Waals surface area contributed by atoms with Gasteiger partial charge in [-0.05, 0) is 60.7 Å². The first-order valence-electron chi connectivity index (χ1n) is 12.8. The number of nitrogens with zero attached hydrogens (tertiary/aromatic N) is 5. The molecule has 0 unspecified atom stereocenters. The smallest absolute Gasteiger partial charge is 0.0894 e. The molecule has 7 aromatic rings. The maximum absolute atomic E-state index is 4.87. The summed E-state index contributed by atoms with van der Waals surface area (Å²) in [7, 11) is 0. The molecule has 5 heteroatoms. The molecule has 0 radical (unpaired) electrons. The molecule has 184 valence electrons. The summed E-state index contributed by atoms with van der Waals surface area (Å²) in [5, 5.41) is 0. The third-order valence-corrected chi connectivity index (χ3v) is 6.71. The van der Waals surface area contributed by atoms with E-state index in [2.05, 4.69) is 87.7 Å². The molecule has 2 heterocycles. The second-order valence-corrected chi connectivity index (χ2v) is 9.26. The lowest BCUT2D eigenvalue weighted by atomic mass is 10.1. The van der Waals surface area contributed by atoms with E-state index in [9.17, 15) is 0 Å². The predicted octanol–water partition coefficient (Wildman–Crippen LogP) is 8.38. The molecule has 0 saturated heterocycles. The summed E-state index contributed by atoms with van der Waals surface area (Å²) in [6.45, 7) is 0. The summed E-state index contributed by atoms with van der Waals surface area (Å²) >= 11 is 0. The molecular formula is C34H23N5. The number of para-hydroxylation sites is 5. The molecule has 0 N–H and O–H groups in total. The van der Waals surface area contributed by atoms with Crippen LogP contribution in [0, 0.1) is 0 Å². The van der Waals surface area contributed by atoms with Gasteiger partial charge in [0.1, 0.15) is 0 Å². The van der Waals surface area contributed by atoms with Crippen molar-refractivity contribution in [2.75, 3.05) is 4.90 Å². The summed E-state index contributed by atoms with van der Waals surface area (Å²) in [6.07, 6.45) is 3.68. The van der Waals surface area contributed by atoms with Crippen LogP contribution < -0.4 is 4.90 Å². The van der Waals surface area contributed by atoms with Crippen molar-refractivity contribution in [1.29, 1.82) is 0 Å². The van der Waals surface area contributed by atoms with Crippen LogP contribution in [0.5, 0.6) is 0 Å². The molecular weight excluding hydrogens is 478 g/mol. The zero-order valence-electron chi connectivity index (χ0n) is 21.0. The lowest BCUT2D eigenvalue weighted by Crippen LogP contribution is -2.10. The summed E-state index contributed by atoms with van der Waals surface area (Å²) < 4.78 is 0. The fourth-order valence-corrected chi connectivity index (χ4v) is 4.83. The molecule has 0 aliphatic heterocycles. The second-order valence-electron chi connectivity index (χ2n) is 9.26. The van der Waals surface area contributed by atoms with Gasteiger partial charge in [0, 0.05) is 28.2 Å². The zero-order valence-corrected chi connectivity index (χ0v) is 21.0. The molecule has 0 aliphatic rings. The van der Waals surface area contributed by atoms with Crippen LogP contribution in [0.1, 0.15) is 0 Å². The third-order valence-electron chi connectivity index (χ3n) is 6.71. The van der Waals surface area contributed by atoms with E-state index in [0.717, 1.165) is 61.6 Å². The Hall–Kier alpha value is -5.42. The highest BCUT2D eigenvalue weighted by Gasteiger charge is 2.15. The summed E-state index contributed by atoms with van der Waals surface area (Å²) in [5.74, 6) is 0. The maximum atomic E-state index is 4.87. The van der Waals surface area contributed by atoms with E-state index >= 15 is 0 Å². The summed E-state index contributed by atoms with van der Waals surface area (Å²) in [5.41, 5.74) is 10.3. The molecule has 0 fully saturated rings. The van der Waals surface area contributed by atoms with Crippen molar-refractivity contribution in [3.8, 4) is 22.5 Å². The van der Waals surface area contributed by atoms with E-state index < -0.39 is 0 Å². The molecule has 0 atom stereocenters. The molecule has 39 heavy (non-hydrogen) atoms. The molecule has 0 bridgehead atoms. The molecule has 0 amide bonds. The predicted molar refractivity (Wildman–Crippen MR) is 158 cm³/mol. The summed E-state index contributed by atoms with van der Waals surface area (Å²) in [6, 6.07) is 43.1. The average Bonchev–Trinajstić information content (AvgIpc) is 3.01. The first kappa shape index (κ1) is 22.8. The van der Waals surface area contributed by atoms with Crippen LogP contribution in [0.3, 0.4) is 0 Å². The second kappa shape index (κ2) is 9.80. The van der Waals surface area contributed by atoms with Gasteiger partial charge in [0.2, 0.25) is 0 Å². The largest absolute Gasteiger partial charge is 0.310 e. The van der Waals surface area contributed by atoms with Crippen molar-refractivity contribution in [3.63, 3.8) is 0 Å². The first-order valence-corrected chi connectivity index (χ1v) is 12.8. The van der Waals surface area contributed by atoms with E-state index in [1.807, 2.05) is 67.0 Å². The third kappa shape index (κ3) is 4.47. The maximum Gasteiger partial charge on any atom is 0.0894 e. The highest BCUT2D eigenvalue weighted by atomic mass is 15.1. The molecule has 0 spiro atoms. The Kier molecular flexibility index (Phi) is 5.72. The van der Waals surface area contributed by atoms with Crippen molar-refractivity contribution in [2.24, 2.45) is 0 Å². The van der Waals surface area contributed by atoms with Gasteiger partial charge in [-0.3, -0.25) is 9.97 Å². The van der Waals surface area contributed by atoms with Crippen LogP contribution >= 0.6 is 0 Å². The topological polar surface area (TPSA) is 54.8 Å². The van der Waals surface area contributed by atoms with Gasteiger partial charge in [-0.15, -0.1) is 0 Å². The normalized spacial score (nSPS) is 11.1. The van der Waals surface area contributed by atoms with Crippen LogP contribution in [-0.2, 0) is 0 Å². The molecule has 2 aromatic heterocycles. The fraction of sp³-hybridized carbons (Fsp3) is 0. The van der Waals surface area contributed by atoms with Crippen LogP contribution in [0.25, 0.3) is 44.6 Å². The van der Waals surface area contributed by atoms with Crippen LogP contribution in [0.15, 0.2) is 140 Å². The molecule has 0 aliphatic carbocycles. The quantitative estimate of drug-likeness (QED) is 0.237. The molecule has 0 saturated carbocycles. The number of hydrogen-bond acceptors (Lipinski definition) is 5. The van der Waals surface area contributed by atoms with Crippen molar-refractivity contribution in [3.05, 3.63) is 140 Å². The van der Waals surface area contributed by atoms with Crippen molar-refractivity contribution in [2.45, 2.75) is 0 Å². The van der Waals surface area contributed by atoms with Crippen molar-refractivity contribution >= 4 is 39.1 Å². The van der Waals surface area contributed by atoms with Gasteiger partial charge in [0.15, 0.2) is 0 Å². The fourth-order valence-electron chi connectivity index (χ4n) is 4.83. The highest BCUT2D eigenvalue weighted by Crippen LogP contribution is 2.37. The molecule has 5 aromatic carbocycles. The van der Waals surface area contributed by atoms with Gasteiger partial charge in [0.25, 0.3) is 0 Å². The van der Waals surface area contributed by atoms with Gasteiger partial charge < -0.3 is 4.90 Å². The first-order chi connectivity index (χ1) is 19.3. The Morgan fingerprint density at radius 2 is 0.821 bits per heavy atom. The zero-order chi connectivity index (χ0) is 26.0. The molecule has 5 nitrogen and oxygen atoms in total. The van der Waals surface area contributed by atoms with Gasteiger partial charge in [-0.2, -0.15) is 0 Å². The Balaban J connectivity index is 1.33. The number of rotatable bonds is 5. The lowest BCUT2D eigenvalue weighted by molar-refractivity contribution is 1.26. The minimum atomic E-state index is 0.837. The molecule has 7 rings (SSSR count). The van der Waals surface area contributed by atoms with E-state index in [0.29, 0.717) is 0 Å². The minimum Gasteiger partial charge on any atom is -0.310 e. The van der Waals surface area contributed by atoms with Crippen molar-refractivity contribution < 1.29 is 0 Å². The average molecular weight is 502 g/mol. The van der Waals surface area contributed by atoms with E-state index in [1.54, 1.807) is 0 Å². The summed E-state index contributed by atoms with van der Waals surface area (Å²) in [4.78, 5) is 21.2.